The number of nitrogens with one attached hydrogen (secondary N) is 1. The van der Waals surface area contributed by atoms with E-state index in [9.17, 15) is 24.0 Å². The summed E-state index contributed by atoms with van der Waals surface area (Å²) in [6.45, 7) is 3.17. The summed E-state index contributed by atoms with van der Waals surface area (Å²) >= 11 is 0. The molecule has 9 heteroatoms. The van der Waals surface area contributed by atoms with Gasteiger partial charge in [0, 0.05) is 26.2 Å². The second kappa shape index (κ2) is 7.59. The van der Waals surface area contributed by atoms with E-state index >= 15 is 0 Å². The molecular formula is C21H24FN5O3. The average molecular weight is 413 g/mol. The zero-order valence-corrected chi connectivity index (χ0v) is 16.9. The first-order valence-corrected chi connectivity index (χ1v) is 10.3. The summed E-state index contributed by atoms with van der Waals surface area (Å²) < 4.78 is 13.9. The van der Waals surface area contributed by atoms with E-state index in [1.165, 1.54) is 6.07 Å². The SMILES string of the molecule is CC(C(=O)N1CCN(c2cccc(F)c2C#N)CC1)N1C(=O)NC2(CCCC2)C1=O. The average Bonchev–Trinajstić information content (AvgIpc) is 3.31. The van der Waals surface area contributed by atoms with Crippen molar-refractivity contribution in [3.8, 4) is 6.07 Å². The molecule has 1 unspecified atom stereocenters. The minimum Gasteiger partial charge on any atom is -0.367 e. The summed E-state index contributed by atoms with van der Waals surface area (Å²) in [6.07, 6.45) is 2.99. The van der Waals surface area contributed by atoms with Crippen molar-refractivity contribution in [2.45, 2.75) is 44.2 Å². The van der Waals surface area contributed by atoms with Crippen LogP contribution in [0, 0.1) is 17.1 Å². The van der Waals surface area contributed by atoms with Crippen LogP contribution in [-0.2, 0) is 9.59 Å². The van der Waals surface area contributed by atoms with E-state index < -0.39 is 23.4 Å². The van der Waals surface area contributed by atoms with E-state index in [1.54, 1.807) is 24.0 Å². The minimum atomic E-state index is -0.882. The number of carbonyl (C=O) groups excluding carboxylic acids is 3. The van der Waals surface area contributed by atoms with Gasteiger partial charge < -0.3 is 15.1 Å². The number of rotatable bonds is 3. The van der Waals surface area contributed by atoms with Crippen LogP contribution in [-0.4, -0.2) is 65.4 Å². The Hall–Kier alpha value is -3.15. The largest absolute Gasteiger partial charge is 0.367 e. The lowest BCUT2D eigenvalue weighted by Crippen LogP contribution is -2.56. The molecule has 3 fully saturated rings. The van der Waals surface area contributed by atoms with Gasteiger partial charge in [-0.1, -0.05) is 18.9 Å². The second-order valence-corrected chi connectivity index (χ2v) is 8.13. The molecule has 158 valence electrons. The van der Waals surface area contributed by atoms with Gasteiger partial charge in [0.1, 0.15) is 29.0 Å². The number of anilines is 1. The van der Waals surface area contributed by atoms with Gasteiger partial charge >= 0.3 is 6.03 Å². The van der Waals surface area contributed by atoms with Crippen molar-refractivity contribution in [1.82, 2.24) is 15.1 Å². The molecule has 3 aliphatic rings. The number of benzene rings is 1. The molecule has 4 amide bonds. The number of urea groups is 1. The summed E-state index contributed by atoms with van der Waals surface area (Å²) in [5, 5.41) is 12.1. The van der Waals surface area contributed by atoms with Crippen LogP contribution in [0.25, 0.3) is 0 Å². The van der Waals surface area contributed by atoms with Crippen molar-refractivity contribution in [3.05, 3.63) is 29.6 Å². The molecule has 1 aliphatic carbocycles. The predicted octanol–water partition coefficient (Wildman–Crippen LogP) is 1.60. The van der Waals surface area contributed by atoms with Gasteiger partial charge in [-0.3, -0.25) is 9.59 Å². The monoisotopic (exact) mass is 413 g/mol. The Labute approximate surface area is 174 Å². The van der Waals surface area contributed by atoms with Gasteiger partial charge in [-0.25, -0.2) is 14.1 Å². The minimum absolute atomic E-state index is 0.00755. The third-order valence-electron chi connectivity index (χ3n) is 6.43. The van der Waals surface area contributed by atoms with Gasteiger partial charge in [-0.05, 0) is 31.9 Å². The van der Waals surface area contributed by atoms with Crippen LogP contribution in [0.5, 0.6) is 0 Å². The summed E-state index contributed by atoms with van der Waals surface area (Å²) in [4.78, 5) is 42.9. The molecule has 1 aromatic rings. The Morgan fingerprint density at radius 2 is 1.87 bits per heavy atom. The topological polar surface area (TPSA) is 96.8 Å². The zero-order valence-electron chi connectivity index (χ0n) is 16.9. The molecule has 0 aromatic heterocycles. The molecule has 4 rings (SSSR count). The predicted molar refractivity (Wildman–Crippen MR) is 106 cm³/mol. The van der Waals surface area contributed by atoms with Gasteiger partial charge in [0.05, 0.1) is 5.69 Å². The number of hydrogen-bond donors (Lipinski definition) is 1. The van der Waals surface area contributed by atoms with Gasteiger partial charge in [0.15, 0.2) is 0 Å². The van der Waals surface area contributed by atoms with E-state index in [0.717, 1.165) is 17.7 Å². The van der Waals surface area contributed by atoms with E-state index in [-0.39, 0.29) is 17.4 Å². The van der Waals surface area contributed by atoms with Crippen molar-refractivity contribution in [1.29, 1.82) is 5.26 Å². The fourth-order valence-corrected chi connectivity index (χ4v) is 4.74. The molecule has 30 heavy (non-hydrogen) atoms. The highest BCUT2D eigenvalue weighted by Gasteiger charge is 2.54. The van der Waals surface area contributed by atoms with Crippen molar-refractivity contribution in [3.63, 3.8) is 0 Å². The van der Waals surface area contributed by atoms with E-state index in [0.29, 0.717) is 44.7 Å². The van der Waals surface area contributed by atoms with Crippen LogP contribution >= 0.6 is 0 Å². The fraction of sp³-hybridized carbons (Fsp3) is 0.524. The third-order valence-corrected chi connectivity index (χ3v) is 6.43. The Morgan fingerprint density at radius 1 is 1.20 bits per heavy atom. The van der Waals surface area contributed by atoms with Gasteiger partial charge in [-0.2, -0.15) is 5.26 Å². The molecule has 1 aromatic carbocycles. The Morgan fingerprint density at radius 3 is 2.50 bits per heavy atom. The maximum Gasteiger partial charge on any atom is 0.325 e. The molecule has 8 nitrogen and oxygen atoms in total. The highest BCUT2D eigenvalue weighted by molar-refractivity contribution is 6.10. The molecule has 1 spiro atoms. The van der Waals surface area contributed by atoms with Crippen molar-refractivity contribution < 1.29 is 18.8 Å². The summed E-state index contributed by atoms with van der Waals surface area (Å²) in [5.74, 6) is -1.16. The van der Waals surface area contributed by atoms with Crippen LogP contribution in [0.1, 0.15) is 38.2 Å². The molecule has 0 bridgehead atoms. The Balaban J connectivity index is 1.42. The van der Waals surface area contributed by atoms with E-state index in [2.05, 4.69) is 5.32 Å². The first-order chi connectivity index (χ1) is 14.4. The Kier molecular flexibility index (Phi) is 5.10. The normalized spacial score (nSPS) is 21.7. The molecule has 1 saturated carbocycles. The highest BCUT2D eigenvalue weighted by atomic mass is 19.1. The first kappa shape index (κ1) is 20.1. The van der Waals surface area contributed by atoms with Gasteiger partial charge in [0.25, 0.3) is 5.91 Å². The lowest BCUT2D eigenvalue weighted by Gasteiger charge is -2.38. The maximum absolute atomic E-state index is 13.9. The van der Waals surface area contributed by atoms with Crippen molar-refractivity contribution >= 4 is 23.5 Å². The van der Waals surface area contributed by atoms with Crippen LogP contribution in [0.2, 0.25) is 0 Å². The molecular weight excluding hydrogens is 389 g/mol. The lowest BCUT2D eigenvalue weighted by molar-refractivity contribution is -0.143. The Bertz CT molecular complexity index is 929. The van der Waals surface area contributed by atoms with Crippen LogP contribution in [0.4, 0.5) is 14.9 Å². The van der Waals surface area contributed by atoms with E-state index in [1.807, 2.05) is 11.0 Å². The van der Waals surface area contributed by atoms with Crippen molar-refractivity contribution in [2.24, 2.45) is 0 Å². The third kappa shape index (κ3) is 3.16. The fourth-order valence-electron chi connectivity index (χ4n) is 4.74. The maximum atomic E-state index is 13.9. The molecule has 2 heterocycles. The number of amides is 4. The number of hydrogen-bond acceptors (Lipinski definition) is 5. The number of piperazine rings is 1. The van der Waals surface area contributed by atoms with Crippen LogP contribution in [0.15, 0.2) is 18.2 Å². The number of imide groups is 1. The number of carbonyl (C=O) groups is 3. The lowest BCUT2D eigenvalue weighted by atomic mass is 9.97. The number of nitrogens with zero attached hydrogens (tertiary/aromatic N) is 4. The van der Waals surface area contributed by atoms with Gasteiger partial charge in [0.2, 0.25) is 5.91 Å². The van der Waals surface area contributed by atoms with E-state index in [4.69, 9.17) is 0 Å². The number of nitriles is 1. The van der Waals surface area contributed by atoms with Crippen LogP contribution in [0.3, 0.4) is 0 Å². The molecule has 1 N–H and O–H groups in total. The molecule has 2 aliphatic heterocycles. The standard InChI is InChI=1S/C21H24FN5O3/c1-14(27-19(29)21(24-20(27)30)7-2-3-8-21)18(28)26-11-9-25(10-12-26)17-6-4-5-16(22)15(17)13-23/h4-6,14H,2-3,7-12H2,1H3,(H,24,30). The summed E-state index contributed by atoms with van der Waals surface area (Å²) in [5.41, 5.74) is -0.336. The summed E-state index contributed by atoms with van der Waals surface area (Å²) in [6, 6.07) is 5.01. The van der Waals surface area contributed by atoms with Gasteiger partial charge in [-0.15, -0.1) is 0 Å². The smallest absolute Gasteiger partial charge is 0.325 e. The first-order valence-electron chi connectivity index (χ1n) is 10.3. The quantitative estimate of drug-likeness (QED) is 0.760. The summed E-state index contributed by atoms with van der Waals surface area (Å²) in [7, 11) is 0. The zero-order chi connectivity index (χ0) is 21.5. The van der Waals surface area contributed by atoms with Crippen molar-refractivity contribution in [2.75, 3.05) is 31.1 Å². The molecule has 0 radical (unpaired) electrons. The molecule has 1 atom stereocenters. The second-order valence-electron chi connectivity index (χ2n) is 8.13. The highest BCUT2D eigenvalue weighted by Crippen LogP contribution is 2.36. The number of halogens is 1. The molecule has 2 saturated heterocycles. The van der Waals surface area contributed by atoms with Crippen LogP contribution < -0.4 is 10.2 Å².